The summed E-state index contributed by atoms with van der Waals surface area (Å²) >= 11 is 5.83. The van der Waals surface area contributed by atoms with Crippen LogP contribution in [0, 0.1) is 0 Å². The van der Waals surface area contributed by atoms with Gasteiger partial charge in [-0.2, -0.15) is 5.10 Å². The third-order valence-electron chi connectivity index (χ3n) is 2.76. The summed E-state index contributed by atoms with van der Waals surface area (Å²) in [7, 11) is 1.63. The lowest BCUT2D eigenvalue weighted by Gasteiger charge is -2.08. The van der Waals surface area contributed by atoms with Gasteiger partial charge in [0, 0.05) is 6.54 Å². The van der Waals surface area contributed by atoms with Crippen LogP contribution in [0.15, 0.2) is 35.3 Å². The van der Waals surface area contributed by atoms with Gasteiger partial charge in [-0.05, 0) is 17.7 Å². The molecule has 0 radical (unpaired) electrons. The van der Waals surface area contributed by atoms with Crippen molar-refractivity contribution in [3.63, 3.8) is 0 Å². The molecule has 1 aromatic carbocycles. The van der Waals surface area contributed by atoms with E-state index in [1.54, 1.807) is 7.11 Å². The molecule has 1 heterocycles. The van der Waals surface area contributed by atoms with E-state index in [2.05, 4.69) is 15.5 Å². The number of nitrogens with one attached hydrogen (secondary N) is 2. The van der Waals surface area contributed by atoms with E-state index in [1.165, 1.54) is 6.20 Å². The van der Waals surface area contributed by atoms with Crippen molar-refractivity contribution in [2.45, 2.75) is 6.61 Å². The van der Waals surface area contributed by atoms with Crippen LogP contribution in [0.3, 0.4) is 0 Å². The van der Waals surface area contributed by atoms with Gasteiger partial charge in [-0.3, -0.25) is 4.79 Å². The van der Waals surface area contributed by atoms with E-state index in [0.29, 0.717) is 25.4 Å². The van der Waals surface area contributed by atoms with Gasteiger partial charge in [0.1, 0.15) is 10.8 Å². The van der Waals surface area contributed by atoms with Crippen LogP contribution in [0.1, 0.15) is 5.56 Å². The summed E-state index contributed by atoms with van der Waals surface area (Å²) in [5.41, 5.74) is 1.11. The number of benzene rings is 1. The van der Waals surface area contributed by atoms with Gasteiger partial charge in [-0.1, -0.05) is 23.7 Å². The smallest absolute Gasteiger partial charge is 0.285 e. The molecule has 6 nitrogen and oxygen atoms in total. The molecule has 2 aromatic rings. The first-order valence-electron chi connectivity index (χ1n) is 6.38. The summed E-state index contributed by atoms with van der Waals surface area (Å²) < 4.78 is 10.7. The number of methoxy groups -OCH3 is 1. The highest BCUT2D eigenvalue weighted by molar-refractivity contribution is 6.32. The van der Waals surface area contributed by atoms with Crippen molar-refractivity contribution in [2.24, 2.45) is 0 Å². The maximum absolute atomic E-state index is 11.2. The predicted molar refractivity (Wildman–Crippen MR) is 81.0 cm³/mol. The Kier molecular flexibility index (Phi) is 5.59. The maximum Gasteiger partial charge on any atom is 0.285 e. The number of halogens is 1. The SMILES string of the molecule is COc1cccc(COCCNc2cn[nH]c(=O)c2Cl)c1. The molecule has 0 bridgehead atoms. The van der Waals surface area contributed by atoms with Crippen LogP contribution >= 0.6 is 11.6 Å². The molecule has 2 rings (SSSR count). The summed E-state index contributed by atoms with van der Waals surface area (Å²) in [6, 6.07) is 7.68. The fourth-order valence-corrected chi connectivity index (χ4v) is 1.87. The Morgan fingerprint density at radius 3 is 3.10 bits per heavy atom. The standard InChI is InChI=1S/C14H16ClN3O3/c1-20-11-4-2-3-10(7-11)9-21-6-5-16-12-8-17-18-14(19)13(12)15/h2-4,7-8H,5-6,9H2,1H3,(H2,16,18,19). The van der Waals surface area contributed by atoms with Crippen molar-refractivity contribution in [3.05, 3.63) is 51.4 Å². The van der Waals surface area contributed by atoms with Crippen LogP contribution in [0.5, 0.6) is 5.75 Å². The number of hydrogen-bond acceptors (Lipinski definition) is 5. The molecule has 0 unspecified atom stereocenters. The molecule has 0 amide bonds. The molecule has 112 valence electrons. The van der Waals surface area contributed by atoms with Crippen molar-refractivity contribution in [1.82, 2.24) is 10.2 Å². The fraction of sp³-hybridized carbons (Fsp3) is 0.286. The third-order valence-corrected chi connectivity index (χ3v) is 3.14. The van der Waals surface area contributed by atoms with Gasteiger partial charge in [0.05, 0.1) is 32.2 Å². The van der Waals surface area contributed by atoms with Crippen LogP contribution in [-0.4, -0.2) is 30.5 Å². The minimum atomic E-state index is -0.418. The Labute approximate surface area is 127 Å². The summed E-state index contributed by atoms with van der Waals surface area (Å²) in [4.78, 5) is 11.2. The number of nitrogens with zero attached hydrogens (tertiary/aromatic N) is 1. The molecule has 0 atom stereocenters. The summed E-state index contributed by atoms with van der Waals surface area (Å²) in [6.07, 6.45) is 1.46. The molecule has 21 heavy (non-hydrogen) atoms. The van der Waals surface area contributed by atoms with Crippen molar-refractivity contribution in [2.75, 3.05) is 25.6 Å². The highest BCUT2D eigenvalue weighted by Gasteiger charge is 2.03. The Morgan fingerprint density at radius 1 is 1.43 bits per heavy atom. The molecule has 0 spiro atoms. The quantitative estimate of drug-likeness (QED) is 0.766. The highest BCUT2D eigenvalue weighted by Crippen LogP contribution is 2.14. The van der Waals surface area contributed by atoms with Gasteiger partial charge in [0.2, 0.25) is 0 Å². The topological polar surface area (TPSA) is 76.2 Å². The van der Waals surface area contributed by atoms with E-state index in [4.69, 9.17) is 21.1 Å². The predicted octanol–water partition coefficient (Wildman–Crippen LogP) is 2.06. The molecule has 0 fully saturated rings. The lowest BCUT2D eigenvalue weighted by atomic mass is 10.2. The van der Waals surface area contributed by atoms with E-state index < -0.39 is 5.56 Å². The zero-order valence-electron chi connectivity index (χ0n) is 11.6. The maximum atomic E-state index is 11.2. The first-order valence-corrected chi connectivity index (χ1v) is 6.76. The zero-order valence-corrected chi connectivity index (χ0v) is 12.3. The van der Waals surface area contributed by atoms with Gasteiger partial charge >= 0.3 is 0 Å². The van der Waals surface area contributed by atoms with Gasteiger partial charge in [-0.15, -0.1) is 0 Å². The van der Waals surface area contributed by atoms with Crippen LogP contribution in [0.2, 0.25) is 5.02 Å². The molecule has 0 saturated carbocycles. The average molecular weight is 310 g/mol. The van der Waals surface area contributed by atoms with Crippen molar-refractivity contribution < 1.29 is 9.47 Å². The molecule has 0 aliphatic heterocycles. The number of H-pyrrole nitrogens is 1. The van der Waals surface area contributed by atoms with Crippen LogP contribution in [0.4, 0.5) is 5.69 Å². The fourth-order valence-electron chi connectivity index (χ4n) is 1.72. The highest BCUT2D eigenvalue weighted by atomic mass is 35.5. The second-order valence-corrected chi connectivity index (χ2v) is 4.64. The Morgan fingerprint density at radius 2 is 2.29 bits per heavy atom. The van der Waals surface area contributed by atoms with E-state index in [1.807, 2.05) is 24.3 Å². The van der Waals surface area contributed by atoms with E-state index in [0.717, 1.165) is 11.3 Å². The second-order valence-electron chi connectivity index (χ2n) is 4.26. The molecular weight excluding hydrogens is 294 g/mol. The van der Waals surface area contributed by atoms with E-state index >= 15 is 0 Å². The molecule has 7 heteroatoms. The normalized spacial score (nSPS) is 10.4. The largest absolute Gasteiger partial charge is 0.497 e. The van der Waals surface area contributed by atoms with E-state index in [-0.39, 0.29) is 5.02 Å². The van der Waals surface area contributed by atoms with Gasteiger partial charge in [0.15, 0.2) is 0 Å². The number of aromatic amines is 1. The number of hydrogen-bond donors (Lipinski definition) is 2. The minimum absolute atomic E-state index is 0.0952. The Hall–Kier alpha value is -2.05. The van der Waals surface area contributed by atoms with Gasteiger partial charge in [-0.25, -0.2) is 5.10 Å². The summed E-state index contributed by atoms with van der Waals surface area (Å²) in [5, 5.41) is 9.02. The van der Waals surface area contributed by atoms with Crippen LogP contribution in [-0.2, 0) is 11.3 Å². The minimum Gasteiger partial charge on any atom is -0.497 e. The number of ether oxygens (including phenoxy) is 2. The summed E-state index contributed by atoms with van der Waals surface area (Å²) in [6.45, 7) is 1.48. The molecule has 1 aromatic heterocycles. The van der Waals surface area contributed by atoms with E-state index in [9.17, 15) is 4.79 Å². The number of aromatic nitrogens is 2. The molecule has 0 aliphatic carbocycles. The monoisotopic (exact) mass is 309 g/mol. The van der Waals surface area contributed by atoms with Gasteiger partial charge < -0.3 is 14.8 Å². The zero-order chi connectivity index (χ0) is 15.1. The Bertz CT molecular complexity index is 645. The first-order chi connectivity index (χ1) is 10.2. The molecular formula is C14H16ClN3O3. The molecule has 0 aliphatic rings. The molecule has 2 N–H and O–H groups in total. The van der Waals surface area contributed by atoms with Gasteiger partial charge in [0.25, 0.3) is 5.56 Å². The number of rotatable bonds is 7. The summed E-state index contributed by atoms with van der Waals surface area (Å²) in [5.74, 6) is 0.801. The lowest BCUT2D eigenvalue weighted by molar-refractivity contribution is 0.130. The van der Waals surface area contributed by atoms with Crippen molar-refractivity contribution in [1.29, 1.82) is 0 Å². The van der Waals surface area contributed by atoms with Crippen LogP contribution < -0.4 is 15.6 Å². The first kappa shape index (κ1) is 15.3. The van der Waals surface area contributed by atoms with Crippen LogP contribution in [0.25, 0.3) is 0 Å². The third kappa shape index (κ3) is 4.47. The second kappa shape index (κ2) is 7.66. The Balaban J connectivity index is 1.75. The lowest BCUT2D eigenvalue weighted by Crippen LogP contribution is -2.15. The average Bonchev–Trinajstić information content (AvgIpc) is 2.51. The number of anilines is 1. The van der Waals surface area contributed by atoms with Crippen molar-refractivity contribution in [3.8, 4) is 5.75 Å². The molecule has 0 saturated heterocycles. The van der Waals surface area contributed by atoms with Crippen molar-refractivity contribution >= 4 is 17.3 Å².